The second kappa shape index (κ2) is 4.34. The summed E-state index contributed by atoms with van der Waals surface area (Å²) in [6.07, 6.45) is -1.18. The van der Waals surface area contributed by atoms with E-state index in [1.54, 1.807) is 0 Å². The second-order valence-corrected chi connectivity index (χ2v) is 5.08. The Kier molecular flexibility index (Phi) is 2.82. The van der Waals surface area contributed by atoms with Crippen LogP contribution in [0, 0.1) is 18.6 Å². The number of hydrogen-bond acceptors (Lipinski definition) is 2. The van der Waals surface area contributed by atoms with Gasteiger partial charge in [0, 0.05) is 24.1 Å². The highest BCUT2D eigenvalue weighted by Crippen LogP contribution is 2.41. The number of pyridine rings is 1. The number of halogens is 3. The van der Waals surface area contributed by atoms with E-state index in [1.807, 2.05) is 0 Å². The van der Waals surface area contributed by atoms with Crippen LogP contribution in [0.25, 0.3) is 10.9 Å². The van der Waals surface area contributed by atoms with Gasteiger partial charge >= 0.3 is 5.97 Å². The van der Waals surface area contributed by atoms with Gasteiger partial charge < -0.3 is 9.67 Å². The Labute approximate surface area is 116 Å². The first-order chi connectivity index (χ1) is 9.82. The number of carbonyl (C=O) groups is 1. The van der Waals surface area contributed by atoms with Crippen molar-refractivity contribution in [1.29, 1.82) is 0 Å². The first kappa shape index (κ1) is 13.7. The van der Waals surface area contributed by atoms with E-state index < -0.39 is 40.9 Å². The monoisotopic (exact) mass is 297 g/mol. The van der Waals surface area contributed by atoms with E-state index in [4.69, 9.17) is 5.11 Å². The minimum Gasteiger partial charge on any atom is -0.477 e. The molecule has 0 radical (unpaired) electrons. The molecule has 2 aromatic rings. The van der Waals surface area contributed by atoms with Crippen molar-refractivity contribution in [2.24, 2.45) is 0 Å². The van der Waals surface area contributed by atoms with Crippen LogP contribution in [-0.2, 0) is 0 Å². The smallest absolute Gasteiger partial charge is 0.352 e. The molecule has 1 heterocycles. The van der Waals surface area contributed by atoms with Gasteiger partial charge in [-0.2, -0.15) is 0 Å². The number of nitrogens with zero attached hydrogens (tertiary/aromatic N) is 1. The standard InChI is InChI=1S/C14H10F3NO3/c1-5-12-9(3-7(16)13(5)17)18(8-2-6(8)15)10(14(20)21)4-11(12)19/h3-4,6,8H,2H2,1H3,(H,20,21)/t6-,8+/m0/s1. The van der Waals surface area contributed by atoms with Crippen molar-refractivity contribution in [1.82, 2.24) is 4.57 Å². The molecule has 1 aromatic carbocycles. The molecule has 2 atom stereocenters. The van der Waals surface area contributed by atoms with Crippen LogP contribution < -0.4 is 5.43 Å². The minimum absolute atomic E-state index is 0.0797. The zero-order valence-corrected chi connectivity index (χ0v) is 10.9. The second-order valence-electron chi connectivity index (χ2n) is 5.08. The SMILES string of the molecule is Cc1c(F)c(F)cc2c1c(=O)cc(C(=O)O)n2[C@@H]1C[C@@H]1F. The molecule has 4 nitrogen and oxygen atoms in total. The lowest BCUT2D eigenvalue weighted by Crippen LogP contribution is -2.19. The predicted molar refractivity (Wildman–Crippen MR) is 68.4 cm³/mol. The highest BCUT2D eigenvalue weighted by molar-refractivity contribution is 5.92. The topological polar surface area (TPSA) is 59.3 Å². The van der Waals surface area contributed by atoms with Crippen molar-refractivity contribution >= 4 is 16.9 Å². The van der Waals surface area contributed by atoms with E-state index in [2.05, 4.69) is 0 Å². The predicted octanol–water partition coefficient (Wildman–Crippen LogP) is 2.57. The summed E-state index contributed by atoms with van der Waals surface area (Å²) in [4.78, 5) is 23.2. The van der Waals surface area contributed by atoms with Gasteiger partial charge in [0.05, 0.1) is 16.9 Å². The number of benzene rings is 1. The summed E-state index contributed by atoms with van der Waals surface area (Å²) in [6.45, 7) is 1.23. The average Bonchev–Trinajstić information content (AvgIpc) is 3.11. The van der Waals surface area contributed by atoms with Crippen LogP contribution in [0.3, 0.4) is 0 Å². The fraction of sp³-hybridized carbons (Fsp3) is 0.286. The van der Waals surface area contributed by atoms with Gasteiger partial charge in [-0.25, -0.2) is 18.0 Å². The Bertz CT molecular complexity index is 844. The van der Waals surface area contributed by atoms with E-state index in [0.29, 0.717) is 0 Å². The van der Waals surface area contributed by atoms with Gasteiger partial charge in [0.15, 0.2) is 17.1 Å². The molecule has 1 fully saturated rings. The fourth-order valence-corrected chi connectivity index (χ4v) is 2.57. The third-order valence-corrected chi connectivity index (χ3v) is 3.70. The van der Waals surface area contributed by atoms with E-state index in [9.17, 15) is 22.8 Å². The zero-order chi connectivity index (χ0) is 15.5. The number of carboxylic acid groups (broad SMARTS) is 1. The van der Waals surface area contributed by atoms with Crippen LogP contribution >= 0.6 is 0 Å². The summed E-state index contributed by atoms with van der Waals surface area (Å²) in [5, 5.41) is 9.03. The minimum atomic E-state index is -1.42. The number of fused-ring (bicyclic) bond motifs is 1. The molecule has 0 unspecified atom stereocenters. The third kappa shape index (κ3) is 1.91. The van der Waals surface area contributed by atoms with Crippen LogP contribution in [0.2, 0.25) is 0 Å². The number of carboxylic acids is 1. The number of hydrogen-bond donors (Lipinski definition) is 1. The van der Waals surface area contributed by atoms with E-state index in [-0.39, 0.29) is 22.9 Å². The van der Waals surface area contributed by atoms with Crippen molar-refractivity contribution in [3.63, 3.8) is 0 Å². The van der Waals surface area contributed by atoms with Crippen molar-refractivity contribution < 1.29 is 23.1 Å². The normalized spacial score (nSPS) is 20.8. The lowest BCUT2D eigenvalue weighted by molar-refractivity contribution is 0.0684. The highest BCUT2D eigenvalue weighted by Gasteiger charge is 2.41. The molecule has 0 bridgehead atoms. The number of alkyl halides is 1. The number of aryl methyl sites for hydroxylation is 1. The van der Waals surface area contributed by atoms with Gasteiger partial charge in [-0.3, -0.25) is 4.79 Å². The van der Waals surface area contributed by atoms with Gasteiger partial charge in [-0.15, -0.1) is 0 Å². The highest BCUT2D eigenvalue weighted by atomic mass is 19.2. The molecule has 1 saturated carbocycles. The van der Waals surface area contributed by atoms with Crippen LogP contribution in [-0.4, -0.2) is 21.8 Å². The number of aromatic carboxylic acids is 1. The van der Waals surface area contributed by atoms with Gasteiger partial charge in [0.25, 0.3) is 0 Å². The maximum absolute atomic E-state index is 13.6. The summed E-state index contributed by atoms with van der Waals surface area (Å²) in [6, 6.07) is 0.791. The molecule has 3 rings (SSSR count). The molecule has 21 heavy (non-hydrogen) atoms. The molecule has 0 aliphatic heterocycles. The first-order valence-electron chi connectivity index (χ1n) is 6.24. The fourth-order valence-electron chi connectivity index (χ4n) is 2.57. The lowest BCUT2D eigenvalue weighted by Gasteiger charge is -2.15. The molecule has 0 spiro atoms. The van der Waals surface area contributed by atoms with E-state index in [1.165, 1.54) is 6.92 Å². The van der Waals surface area contributed by atoms with Crippen molar-refractivity contribution in [3.8, 4) is 0 Å². The van der Waals surface area contributed by atoms with Crippen LogP contribution in [0.5, 0.6) is 0 Å². The molecule has 1 aliphatic rings. The molecule has 1 aromatic heterocycles. The Balaban J connectivity index is 2.50. The summed E-state index contributed by atoms with van der Waals surface area (Å²) in [5.41, 5.74) is -1.47. The zero-order valence-electron chi connectivity index (χ0n) is 10.9. The molecular formula is C14H10F3NO3. The molecule has 110 valence electrons. The summed E-state index contributed by atoms with van der Waals surface area (Å²) in [5.74, 6) is -3.79. The quantitative estimate of drug-likeness (QED) is 0.926. The number of aromatic nitrogens is 1. The number of rotatable bonds is 2. The molecule has 1 aliphatic carbocycles. The molecule has 1 N–H and O–H groups in total. The van der Waals surface area contributed by atoms with Gasteiger partial charge in [-0.05, 0) is 6.92 Å². The Hall–Kier alpha value is -2.31. The Morgan fingerprint density at radius 3 is 2.52 bits per heavy atom. The molecule has 0 saturated heterocycles. The third-order valence-electron chi connectivity index (χ3n) is 3.70. The van der Waals surface area contributed by atoms with Crippen LogP contribution in [0.1, 0.15) is 28.5 Å². The summed E-state index contributed by atoms with van der Waals surface area (Å²) >= 11 is 0. The average molecular weight is 297 g/mol. The van der Waals surface area contributed by atoms with Crippen molar-refractivity contribution in [3.05, 3.63) is 45.2 Å². The first-order valence-corrected chi connectivity index (χ1v) is 6.24. The molecular weight excluding hydrogens is 287 g/mol. The Morgan fingerprint density at radius 1 is 1.38 bits per heavy atom. The van der Waals surface area contributed by atoms with Crippen LogP contribution in [0.4, 0.5) is 13.2 Å². The van der Waals surface area contributed by atoms with E-state index in [0.717, 1.165) is 16.7 Å². The lowest BCUT2D eigenvalue weighted by atomic mass is 10.1. The maximum atomic E-state index is 13.6. The Morgan fingerprint density at radius 2 is 2.00 bits per heavy atom. The molecule has 0 amide bonds. The van der Waals surface area contributed by atoms with Crippen molar-refractivity contribution in [2.45, 2.75) is 25.6 Å². The maximum Gasteiger partial charge on any atom is 0.352 e. The van der Waals surface area contributed by atoms with Gasteiger partial charge in [0.2, 0.25) is 0 Å². The summed E-state index contributed by atoms with van der Waals surface area (Å²) < 4.78 is 41.6. The van der Waals surface area contributed by atoms with Crippen LogP contribution in [0.15, 0.2) is 16.9 Å². The van der Waals surface area contributed by atoms with Gasteiger partial charge in [0.1, 0.15) is 11.9 Å². The van der Waals surface area contributed by atoms with Crippen molar-refractivity contribution in [2.75, 3.05) is 0 Å². The summed E-state index contributed by atoms with van der Waals surface area (Å²) in [7, 11) is 0. The van der Waals surface area contributed by atoms with Gasteiger partial charge in [-0.1, -0.05) is 0 Å². The van der Waals surface area contributed by atoms with E-state index >= 15 is 0 Å². The molecule has 7 heteroatoms. The largest absolute Gasteiger partial charge is 0.477 e.